The minimum absolute atomic E-state index is 0.0572. The van der Waals surface area contributed by atoms with E-state index in [0.29, 0.717) is 12.6 Å². The molecule has 4 heteroatoms. The Morgan fingerprint density at radius 1 is 1.22 bits per heavy atom. The van der Waals surface area contributed by atoms with Gasteiger partial charge in [-0.3, -0.25) is 9.59 Å². The fraction of sp³-hybridized carbons (Fsp3) is 0.857. The lowest BCUT2D eigenvalue weighted by atomic mass is 10.1. The second-order valence-corrected chi connectivity index (χ2v) is 6.18. The number of carboxylic acids is 1. The van der Waals surface area contributed by atoms with E-state index < -0.39 is 11.9 Å². The number of carbonyl (C=O) groups is 2. The van der Waals surface area contributed by atoms with Crippen molar-refractivity contribution in [2.45, 2.75) is 52.5 Å². The molecule has 0 radical (unpaired) electrons. The van der Waals surface area contributed by atoms with Gasteiger partial charge >= 0.3 is 5.97 Å². The maximum absolute atomic E-state index is 12.5. The third kappa shape index (κ3) is 2.02. The van der Waals surface area contributed by atoms with E-state index in [1.165, 1.54) is 12.8 Å². The van der Waals surface area contributed by atoms with Crippen molar-refractivity contribution >= 4 is 11.9 Å². The highest BCUT2D eigenvalue weighted by molar-refractivity contribution is 5.91. The number of aliphatic carboxylic acids is 1. The second kappa shape index (κ2) is 4.56. The van der Waals surface area contributed by atoms with E-state index in [-0.39, 0.29) is 17.2 Å². The van der Waals surface area contributed by atoms with Gasteiger partial charge in [-0.15, -0.1) is 0 Å². The molecule has 0 spiro atoms. The average molecular weight is 253 g/mol. The molecule has 0 heterocycles. The quantitative estimate of drug-likeness (QED) is 0.835. The molecule has 102 valence electrons. The van der Waals surface area contributed by atoms with E-state index >= 15 is 0 Å². The standard InChI is InChI=1S/C14H23NO3/c1-4-15(9-7-5-6-8-9)12(16)10-11(13(17)18)14(10,2)3/h9-11H,4-8H2,1-3H3,(H,17,18)/t10-,11+/m0/s1. The van der Waals surface area contributed by atoms with Gasteiger partial charge in [-0.25, -0.2) is 0 Å². The van der Waals surface area contributed by atoms with Gasteiger partial charge in [0, 0.05) is 12.6 Å². The summed E-state index contributed by atoms with van der Waals surface area (Å²) in [4.78, 5) is 25.6. The Balaban J connectivity index is 2.09. The molecule has 1 N–H and O–H groups in total. The molecule has 2 rings (SSSR count). The Morgan fingerprint density at radius 2 is 1.78 bits per heavy atom. The van der Waals surface area contributed by atoms with Gasteiger partial charge in [0.1, 0.15) is 0 Å². The van der Waals surface area contributed by atoms with Crippen LogP contribution in [0.15, 0.2) is 0 Å². The van der Waals surface area contributed by atoms with E-state index in [1.54, 1.807) is 0 Å². The summed E-state index contributed by atoms with van der Waals surface area (Å²) in [5.74, 6) is -1.60. The first-order valence-corrected chi connectivity index (χ1v) is 6.94. The van der Waals surface area contributed by atoms with Crippen LogP contribution >= 0.6 is 0 Å². The zero-order chi connectivity index (χ0) is 13.5. The maximum atomic E-state index is 12.5. The van der Waals surface area contributed by atoms with E-state index in [0.717, 1.165) is 12.8 Å². The van der Waals surface area contributed by atoms with Crippen LogP contribution < -0.4 is 0 Å². The number of carboxylic acid groups (broad SMARTS) is 1. The molecule has 2 aliphatic carbocycles. The van der Waals surface area contributed by atoms with Crippen LogP contribution in [0, 0.1) is 17.3 Å². The van der Waals surface area contributed by atoms with Crippen LogP contribution in [0.5, 0.6) is 0 Å². The topological polar surface area (TPSA) is 57.6 Å². The lowest BCUT2D eigenvalue weighted by molar-refractivity contribution is -0.142. The monoisotopic (exact) mass is 253 g/mol. The third-order valence-electron chi connectivity index (χ3n) is 4.75. The Labute approximate surface area is 108 Å². The van der Waals surface area contributed by atoms with Crippen molar-refractivity contribution < 1.29 is 14.7 Å². The number of nitrogens with zero attached hydrogens (tertiary/aromatic N) is 1. The van der Waals surface area contributed by atoms with Crippen LogP contribution in [-0.4, -0.2) is 34.5 Å². The van der Waals surface area contributed by atoms with Gasteiger partial charge in [-0.1, -0.05) is 26.7 Å². The lowest BCUT2D eigenvalue weighted by Gasteiger charge is -2.28. The smallest absolute Gasteiger partial charge is 0.307 e. The van der Waals surface area contributed by atoms with E-state index in [1.807, 2.05) is 25.7 Å². The van der Waals surface area contributed by atoms with Gasteiger partial charge in [-0.2, -0.15) is 0 Å². The van der Waals surface area contributed by atoms with Crippen molar-refractivity contribution in [3.8, 4) is 0 Å². The van der Waals surface area contributed by atoms with E-state index in [2.05, 4.69) is 0 Å². The zero-order valence-electron chi connectivity index (χ0n) is 11.5. The van der Waals surface area contributed by atoms with Gasteiger partial charge in [0.05, 0.1) is 11.8 Å². The molecule has 1 amide bonds. The van der Waals surface area contributed by atoms with Crippen LogP contribution in [0.3, 0.4) is 0 Å². The number of hydrogen-bond donors (Lipinski definition) is 1. The summed E-state index contributed by atoms with van der Waals surface area (Å²) in [7, 11) is 0. The molecule has 2 saturated carbocycles. The molecule has 0 aromatic carbocycles. The molecular formula is C14H23NO3. The van der Waals surface area contributed by atoms with Crippen molar-refractivity contribution in [1.82, 2.24) is 4.90 Å². The van der Waals surface area contributed by atoms with Crippen LogP contribution in [-0.2, 0) is 9.59 Å². The SMILES string of the molecule is CCN(C(=O)[C@@H]1[C@H](C(=O)O)C1(C)C)C1CCCC1. The Kier molecular flexibility index (Phi) is 3.39. The van der Waals surface area contributed by atoms with Crippen LogP contribution in [0.2, 0.25) is 0 Å². The number of carbonyl (C=O) groups excluding carboxylic acids is 1. The largest absolute Gasteiger partial charge is 0.481 e. The summed E-state index contributed by atoms with van der Waals surface area (Å²) in [6.45, 7) is 6.46. The Bertz CT molecular complexity index is 358. The fourth-order valence-electron chi connectivity index (χ4n) is 3.55. The molecule has 2 fully saturated rings. The zero-order valence-corrected chi connectivity index (χ0v) is 11.5. The second-order valence-electron chi connectivity index (χ2n) is 6.18. The van der Waals surface area contributed by atoms with Crippen LogP contribution in [0.1, 0.15) is 46.5 Å². The van der Waals surface area contributed by atoms with Crippen molar-refractivity contribution in [1.29, 1.82) is 0 Å². The normalized spacial score (nSPS) is 30.2. The lowest BCUT2D eigenvalue weighted by Crippen LogP contribution is -2.40. The minimum atomic E-state index is -0.833. The molecule has 18 heavy (non-hydrogen) atoms. The molecule has 4 nitrogen and oxygen atoms in total. The highest BCUT2D eigenvalue weighted by atomic mass is 16.4. The summed E-state index contributed by atoms with van der Waals surface area (Å²) in [6.07, 6.45) is 4.52. The molecule has 0 unspecified atom stereocenters. The molecule has 0 aromatic rings. The first kappa shape index (κ1) is 13.4. The molecule has 2 atom stereocenters. The van der Waals surface area contributed by atoms with Gasteiger partial charge < -0.3 is 10.0 Å². The summed E-state index contributed by atoms with van der Waals surface area (Å²) in [5, 5.41) is 9.16. The summed E-state index contributed by atoms with van der Waals surface area (Å²) in [6, 6.07) is 0.341. The number of hydrogen-bond acceptors (Lipinski definition) is 2. The molecule has 0 saturated heterocycles. The van der Waals surface area contributed by atoms with Gasteiger partial charge in [0.15, 0.2) is 0 Å². The Morgan fingerprint density at radius 3 is 2.17 bits per heavy atom. The minimum Gasteiger partial charge on any atom is -0.481 e. The van der Waals surface area contributed by atoms with Crippen molar-refractivity contribution in [2.75, 3.05) is 6.54 Å². The summed E-state index contributed by atoms with van der Waals surface area (Å²) < 4.78 is 0. The molecule has 2 aliphatic rings. The first-order valence-electron chi connectivity index (χ1n) is 6.94. The predicted molar refractivity (Wildman–Crippen MR) is 68.0 cm³/mol. The third-order valence-corrected chi connectivity index (χ3v) is 4.75. The van der Waals surface area contributed by atoms with Crippen molar-refractivity contribution in [3.05, 3.63) is 0 Å². The molecule has 0 bridgehead atoms. The van der Waals surface area contributed by atoms with E-state index in [9.17, 15) is 9.59 Å². The number of rotatable bonds is 4. The number of amides is 1. The van der Waals surface area contributed by atoms with Gasteiger partial charge in [-0.05, 0) is 25.2 Å². The molecule has 0 aliphatic heterocycles. The summed E-state index contributed by atoms with van der Waals surface area (Å²) >= 11 is 0. The Hall–Kier alpha value is -1.06. The maximum Gasteiger partial charge on any atom is 0.307 e. The highest BCUT2D eigenvalue weighted by Gasteiger charge is 2.66. The molecule has 0 aromatic heterocycles. The van der Waals surface area contributed by atoms with Crippen LogP contribution in [0.25, 0.3) is 0 Å². The fourth-order valence-corrected chi connectivity index (χ4v) is 3.55. The van der Waals surface area contributed by atoms with E-state index in [4.69, 9.17) is 5.11 Å². The highest BCUT2D eigenvalue weighted by Crippen LogP contribution is 2.59. The molecular weight excluding hydrogens is 230 g/mol. The first-order chi connectivity index (χ1) is 8.41. The summed E-state index contributed by atoms with van der Waals surface area (Å²) in [5.41, 5.74) is -0.380. The van der Waals surface area contributed by atoms with Crippen molar-refractivity contribution in [3.63, 3.8) is 0 Å². The van der Waals surface area contributed by atoms with Gasteiger partial charge in [0.2, 0.25) is 5.91 Å². The van der Waals surface area contributed by atoms with Crippen LogP contribution in [0.4, 0.5) is 0 Å². The van der Waals surface area contributed by atoms with Gasteiger partial charge in [0.25, 0.3) is 0 Å². The van der Waals surface area contributed by atoms with Crippen molar-refractivity contribution in [2.24, 2.45) is 17.3 Å². The predicted octanol–water partition coefficient (Wildman–Crippen LogP) is 2.13. The average Bonchev–Trinajstić information content (AvgIpc) is 2.65.